The topological polar surface area (TPSA) is 37.8 Å². The minimum atomic E-state index is 0.782. The molecule has 3 nitrogen and oxygen atoms in total. The number of terminal acetylenes is 1. The lowest BCUT2D eigenvalue weighted by atomic mass is 10.1. The molecule has 0 aliphatic carbocycles. The molecule has 0 saturated carbocycles. The number of anilines is 2. The van der Waals surface area contributed by atoms with Crippen LogP contribution in [0.3, 0.4) is 0 Å². The number of hydrogen-bond acceptors (Lipinski definition) is 3. The van der Waals surface area contributed by atoms with E-state index in [9.17, 15) is 0 Å². The molecule has 3 heteroatoms. The summed E-state index contributed by atoms with van der Waals surface area (Å²) in [5.41, 5.74) is 3.86. The van der Waals surface area contributed by atoms with Gasteiger partial charge >= 0.3 is 0 Å². The van der Waals surface area contributed by atoms with Crippen LogP contribution in [-0.2, 0) is 0 Å². The van der Waals surface area contributed by atoms with Crippen molar-refractivity contribution in [3.8, 4) is 12.3 Å². The van der Waals surface area contributed by atoms with Crippen LogP contribution in [-0.4, -0.2) is 9.97 Å². The Bertz CT molecular complexity index is 816. The van der Waals surface area contributed by atoms with Gasteiger partial charge in [0.05, 0.1) is 5.52 Å². The molecule has 0 radical (unpaired) electrons. The van der Waals surface area contributed by atoms with E-state index in [2.05, 4.69) is 27.3 Å². The Kier molecular flexibility index (Phi) is 3.06. The van der Waals surface area contributed by atoms with Crippen molar-refractivity contribution in [2.75, 3.05) is 5.32 Å². The molecule has 0 atom stereocenters. The molecule has 0 amide bonds. The second-order valence-corrected chi connectivity index (χ2v) is 4.59. The summed E-state index contributed by atoms with van der Waals surface area (Å²) >= 11 is 0. The Hall–Kier alpha value is -2.86. The van der Waals surface area contributed by atoms with Crippen LogP contribution in [0.25, 0.3) is 10.9 Å². The second kappa shape index (κ2) is 5.02. The molecule has 0 bridgehead atoms. The summed E-state index contributed by atoms with van der Waals surface area (Å²) < 4.78 is 0. The predicted octanol–water partition coefficient (Wildman–Crippen LogP) is 3.66. The van der Waals surface area contributed by atoms with Crippen LogP contribution in [0.1, 0.15) is 11.1 Å². The van der Waals surface area contributed by atoms with Gasteiger partial charge in [0.15, 0.2) is 0 Å². The molecular weight excluding hydrogens is 246 g/mol. The third kappa shape index (κ3) is 2.32. The standard InChI is InChI=1S/C17H13N3/c1-3-13-5-4-6-14(10-13)20-17-15-8-7-12(2)9-16(15)18-11-19-17/h1,4-11H,2H3,(H,18,19,20). The molecule has 1 aromatic heterocycles. The minimum Gasteiger partial charge on any atom is -0.340 e. The van der Waals surface area contributed by atoms with Gasteiger partial charge in [-0.3, -0.25) is 0 Å². The van der Waals surface area contributed by atoms with Crippen molar-refractivity contribution in [3.63, 3.8) is 0 Å². The van der Waals surface area contributed by atoms with Gasteiger partial charge in [0, 0.05) is 16.6 Å². The first-order valence-corrected chi connectivity index (χ1v) is 6.31. The van der Waals surface area contributed by atoms with Crippen LogP contribution < -0.4 is 5.32 Å². The van der Waals surface area contributed by atoms with Crippen LogP contribution in [0, 0.1) is 19.3 Å². The first-order chi connectivity index (χ1) is 9.76. The van der Waals surface area contributed by atoms with Crippen molar-refractivity contribution in [1.82, 2.24) is 9.97 Å². The molecule has 0 saturated heterocycles. The van der Waals surface area contributed by atoms with Gasteiger partial charge in [-0.15, -0.1) is 6.42 Å². The molecule has 20 heavy (non-hydrogen) atoms. The highest BCUT2D eigenvalue weighted by atomic mass is 15.0. The SMILES string of the molecule is C#Cc1cccc(Nc2ncnc3cc(C)ccc23)c1. The van der Waals surface area contributed by atoms with Gasteiger partial charge in [-0.25, -0.2) is 9.97 Å². The summed E-state index contributed by atoms with van der Waals surface area (Å²) in [6.07, 6.45) is 6.98. The highest BCUT2D eigenvalue weighted by Crippen LogP contribution is 2.23. The van der Waals surface area contributed by atoms with Gasteiger partial charge in [-0.05, 0) is 42.8 Å². The summed E-state index contributed by atoms with van der Waals surface area (Å²) in [6, 6.07) is 13.8. The molecule has 0 aliphatic rings. The number of nitrogens with one attached hydrogen (secondary N) is 1. The molecule has 0 aliphatic heterocycles. The fourth-order valence-corrected chi connectivity index (χ4v) is 2.09. The van der Waals surface area contributed by atoms with Gasteiger partial charge in [-0.1, -0.05) is 18.1 Å². The molecular formula is C17H13N3. The quantitative estimate of drug-likeness (QED) is 0.714. The molecule has 0 fully saturated rings. The number of aromatic nitrogens is 2. The van der Waals surface area contributed by atoms with E-state index in [0.29, 0.717) is 0 Å². The lowest BCUT2D eigenvalue weighted by molar-refractivity contribution is 1.21. The Labute approximate surface area is 117 Å². The maximum Gasteiger partial charge on any atom is 0.141 e. The summed E-state index contributed by atoms with van der Waals surface area (Å²) in [5, 5.41) is 4.28. The third-order valence-corrected chi connectivity index (χ3v) is 3.08. The first kappa shape index (κ1) is 12.2. The summed E-state index contributed by atoms with van der Waals surface area (Å²) in [7, 11) is 0. The smallest absolute Gasteiger partial charge is 0.141 e. The first-order valence-electron chi connectivity index (χ1n) is 6.31. The van der Waals surface area contributed by atoms with Gasteiger partial charge in [0.25, 0.3) is 0 Å². The monoisotopic (exact) mass is 259 g/mol. The number of hydrogen-bond donors (Lipinski definition) is 1. The maximum atomic E-state index is 5.42. The fraction of sp³-hybridized carbons (Fsp3) is 0.0588. The number of aryl methyl sites for hydroxylation is 1. The van der Waals surface area contributed by atoms with Crippen LogP contribution in [0.5, 0.6) is 0 Å². The molecule has 1 heterocycles. The lowest BCUT2D eigenvalue weighted by Gasteiger charge is -2.09. The Morgan fingerprint density at radius 2 is 2.00 bits per heavy atom. The lowest BCUT2D eigenvalue weighted by Crippen LogP contribution is -1.96. The summed E-state index contributed by atoms with van der Waals surface area (Å²) in [4.78, 5) is 8.61. The molecule has 0 spiro atoms. The van der Waals surface area contributed by atoms with Crippen LogP contribution >= 0.6 is 0 Å². The van der Waals surface area contributed by atoms with Crippen molar-refractivity contribution < 1.29 is 0 Å². The maximum absolute atomic E-state index is 5.42. The molecule has 1 N–H and O–H groups in total. The zero-order chi connectivity index (χ0) is 13.9. The fourth-order valence-electron chi connectivity index (χ4n) is 2.09. The number of benzene rings is 2. The number of fused-ring (bicyclic) bond motifs is 1. The van der Waals surface area contributed by atoms with E-state index < -0.39 is 0 Å². The minimum absolute atomic E-state index is 0.782. The largest absolute Gasteiger partial charge is 0.340 e. The zero-order valence-corrected chi connectivity index (χ0v) is 11.1. The highest BCUT2D eigenvalue weighted by molar-refractivity contribution is 5.90. The normalized spacial score (nSPS) is 10.2. The van der Waals surface area contributed by atoms with Crippen molar-refractivity contribution in [2.24, 2.45) is 0 Å². The Morgan fingerprint density at radius 3 is 2.85 bits per heavy atom. The van der Waals surface area contributed by atoms with Gasteiger partial charge in [-0.2, -0.15) is 0 Å². The van der Waals surface area contributed by atoms with Crippen molar-refractivity contribution in [1.29, 1.82) is 0 Å². The molecule has 3 aromatic rings. The predicted molar refractivity (Wildman–Crippen MR) is 81.9 cm³/mol. The van der Waals surface area contributed by atoms with Crippen LogP contribution in [0.4, 0.5) is 11.5 Å². The summed E-state index contributed by atoms with van der Waals surface area (Å²) in [6.45, 7) is 2.05. The van der Waals surface area contributed by atoms with Crippen molar-refractivity contribution in [2.45, 2.75) is 6.92 Å². The molecule has 0 unspecified atom stereocenters. The van der Waals surface area contributed by atoms with Crippen molar-refractivity contribution >= 4 is 22.4 Å². The number of rotatable bonds is 2. The van der Waals surface area contributed by atoms with E-state index in [1.165, 1.54) is 5.56 Å². The van der Waals surface area contributed by atoms with E-state index >= 15 is 0 Å². The van der Waals surface area contributed by atoms with Crippen LogP contribution in [0.2, 0.25) is 0 Å². The van der Waals surface area contributed by atoms with E-state index in [4.69, 9.17) is 6.42 Å². The third-order valence-electron chi connectivity index (χ3n) is 3.08. The molecule has 2 aromatic carbocycles. The molecule has 96 valence electrons. The van der Waals surface area contributed by atoms with Crippen molar-refractivity contribution in [3.05, 3.63) is 59.9 Å². The summed E-state index contributed by atoms with van der Waals surface area (Å²) in [5.74, 6) is 3.41. The van der Waals surface area contributed by atoms with E-state index in [1.807, 2.05) is 43.3 Å². The molecule has 3 rings (SSSR count). The zero-order valence-electron chi connectivity index (χ0n) is 11.1. The van der Waals surface area contributed by atoms with E-state index in [0.717, 1.165) is 28.0 Å². The van der Waals surface area contributed by atoms with Gasteiger partial charge < -0.3 is 5.32 Å². The Balaban J connectivity index is 2.04. The van der Waals surface area contributed by atoms with Crippen LogP contribution in [0.15, 0.2) is 48.8 Å². The van der Waals surface area contributed by atoms with Gasteiger partial charge in [0.2, 0.25) is 0 Å². The van der Waals surface area contributed by atoms with E-state index in [1.54, 1.807) is 6.33 Å². The average Bonchev–Trinajstić information content (AvgIpc) is 2.47. The number of nitrogens with zero attached hydrogens (tertiary/aromatic N) is 2. The Morgan fingerprint density at radius 1 is 1.10 bits per heavy atom. The van der Waals surface area contributed by atoms with Gasteiger partial charge in [0.1, 0.15) is 12.1 Å². The average molecular weight is 259 g/mol. The highest BCUT2D eigenvalue weighted by Gasteiger charge is 2.04. The van der Waals surface area contributed by atoms with E-state index in [-0.39, 0.29) is 0 Å². The second-order valence-electron chi connectivity index (χ2n) is 4.59.